The van der Waals surface area contributed by atoms with Gasteiger partial charge in [-0.25, -0.2) is 4.79 Å². The van der Waals surface area contributed by atoms with Crippen LogP contribution in [0.5, 0.6) is 0 Å². The molecule has 0 saturated heterocycles. The van der Waals surface area contributed by atoms with E-state index in [0.717, 1.165) is 18.4 Å². The molecule has 25 heavy (non-hydrogen) atoms. The van der Waals surface area contributed by atoms with Crippen LogP contribution in [0.2, 0.25) is 0 Å². The van der Waals surface area contributed by atoms with Crippen LogP contribution in [-0.2, 0) is 11.2 Å². The van der Waals surface area contributed by atoms with Crippen molar-refractivity contribution >= 4 is 11.9 Å². The Labute approximate surface area is 150 Å². The van der Waals surface area contributed by atoms with Crippen molar-refractivity contribution in [1.29, 1.82) is 0 Å². The molecule has 0 aliphatic rings. The van der Waals surface area contributed by atoms with Gasteiger partial charge in [-0.2, -0.15) is 0 Å². The Kier molecular flexibility index (Phi) is 9.62. The zero-order valence-corrected chi connectivity index (χ0v) is 15.5. The molecule has 1 aromatic rings. The van der Waals surface area contributed by atoms with Gasteiger partial charge in [-0.3, -0.25) is 4.79 Å². The average molecular weight is 349 g/mol. The number of hydrogen-bond donors (Lipinski definition) is 3. The molecule has 0 spiro atoms. The van der Waals surface area contributed by atoms with Gasteiger partial charge in [0.2, 0.25) is 5.91 Å². The van der Waals surface area contributed by atoms with Crippen molar-refractivity contribution in [1.82, 2.24) is 15.5 Å². The Hall–Kier alpha value is -2.08. The Morgan fingerprint density at radius 1 is 1.16 bits per heavy atom. The van der Waals surface area contributed by atoms with Gasteiger partial charge in [0.05, 0.1) is 6.61 Å². The highest BCUT2D eigenvalue weighted by Crippen LogP contribution is 2.07. The van der Waals surface area contributed by atoms with E-state index in [9.17, 15) is 14.7 Å². The van der Waals surface area contributed by atoms with Crippen LogP contribution < -0.4 is 10.6 Å². The summed E-state index contributed by atoms with van der Waals surface area (Å²) in [5, 5.41) is 14.6. The maximum atomic E-state index is 12.6. The first-order valence-corrected chi connectivity index (χ1v) is 8.89. The highest BCUT2D eigenvalue weighted by molar-refractivity contribution is 5.87. The van der Waals surface area contributed by atoms with Crippen molar-refractivity contribution in [2.75, 3.05) is 26.7 Å². The number of carbonyl (C=O) groups excluding carboxylic acids is 2. The first-order chi connectivity index (χ1) is 12.0. The first kappa shape index (κ1) is 21.0. The van der Waals surface area contributed by atoms with E-state index in [1.807, 2.05) is 30.3 Å². The maximum absolute atomic E-state index is 12.6. The molecule has 0 aliphatic carbocycles. The molecule has 1 rings (SSSR count). The number of rotatable bonds is 10. The molecular formula is C19H31N3O3. The molecular weight excluding hydrogens is 318 g/mol. The minimum absolute atomic E-state index is 0.0988. The molecule has 6 heteroatoms. The van der Waals surface area contributed by atoms with Crippen LogP contribution in [-0.4, -0.2) is 54.7 Å². The Morgan fingerprint density at radius 2 is 1.84 bits per heavy atom. The fourth-order valence-corrected chi connectivity index (χ4v) is 2.60. The highest BCUT2D eigenvalue weighted by Gasteiger charge is 2.23. The number of aliphatic hydroxyl groups is 1. The molecule has 0 heterocycles. The SMILES string of the molecule is CNC(=O)[C@H](Cc1ccccc1)NC(=O)N(CCO)CCCC(C)C. The third kappa shape index (κ3) is 8.03. The van der Waals surface area contributed by atoms with E-state index >= 15 is 0 Å². The monoisotopic (exact) mass is 349 g/mol. The lowest BCUT2D eigenvalue weighted by molar-refractivity contribution is -0.122. The second-order valence-corrected chi connectivity index (χ2v) is 6.55. The molecule has 1 aromatic carbocycles. The maximum Gasteiger partial charge on any atom is 0.318 e. The molecule has 1 atom stereocenters. The fourth-order valence-electron chi connectivity index (χ4n) is 2.60. The van der Waals surface area contributed by atoms with E-state index in [2.05, 4.69) is 24.5 Å². The van der Waals surface area contributed by atoms with Crippen LogP contribution in [0.15, 0.2) is 30.3 Å². The lowest BCUT2D eigenvalue weighted by atomic mass is 10.1. The number of nitrogens with zero attached hydrogens (tertiary/aromatic N) is 1. The third-order valence-electron chi connectivity index (χ3n) is 4.01. The summed E-state index contributed by atoms with van der Waals surface area (Å²) < 4.78 is 0. The molecule has 0 aliphatic heterocycles. The van der Waals surface area contributed by atoms with E-state index < -0.39 is 6.04 Å². The van der Waals surface area contributed by atoms with Crippen molar-refractivity contribution in [3.8, 4) is 0 Å². The number of hydrogen-bond acceptors (Lipinski definition) is 3. The van der Waals surface area contributed by atoms with Gasteiger partial charge in [0.25, 0.3) is 0 Å². The molecule has 0 unspecified atom stereocenters. The van der Waals surface area contributed by atoms with Gasteiger partial charge in [0.1, 0.15) is 6.04 Å². The molecule has 3 N–H and O–H groups in total. The summed E-state index contributed by atoms with van der Waals surface area (Å²) in [5.74, 6) is 0.332. The molecule has 0 saturated carbocycles. The summed E-state index contributed by atoms with van der Waals surface area (Å²) in [6.45, 7) is 5.00. The van der Waals surface area contributed by atoms with Crippen molar-refractivity contribution in [3.63, 3.8) is 0 Å². The third-order valence-corrected chi connectivity index (χ3v) is 4.01. The number of amides is 3. The minimum Gasteiger partial charge on any atom is -0.395 e. The molecule has 140 valence electrons. The standard InChI is InChI=1S/C19H31N3O3/c1-15(2)8-7-11-22(12-13-23)19(25)21-17(18(24)20-3)14-16-9-5-4-6-10-16/h4-6,9-10,15,17,23H,7-8,11-14H2,1-3H3,(H,20,24)(H,21,25)/t17-/m0/s1. The lowest BCUT2D eigenvalue weighted by Gasteiger charge is -2.26. The largest absolute Gasteiger partial charge is 0.395 e. The number of likely N-dealkylation sites (N-methyl/N-ethyl adjacent to an activating group) is 1. The normalized spacial score (nSPS) is 11.9. The summed E-state index contributed by atoms with van der Waals surface area (Å²) in [7, 11) is 1.56. The van der Waals surface area contributed by atoms with Gasteiger partial charge in [-0.1, -0.05) is 44.2 Å². The van der Waals surface area contributed by atoms with Crippen LogP contribution in [0, 0.1) is 5.92 Å². The lowest BCUT2D eigenvalue weighted by Crippen LogP contribution is -2.52. The Morgan fingerprint density at radius 3 is 2.40 bits per heavy atom. The van der Waals surface area contributed by atoms with Crippen LogP contribution in [0.1, 0.15) is 32.3 Å². The predicted molar refractivity (Wildman–Crippen MR) is 99.3 cm³/mol. The van der Waals surface area contributed by atoms with Gasteiger partial charge >= 0.3 is 6.03 Å². The fraction of sp³-hybridized carbons (Fsp3) is 0.579. The average Bonchev–Trinajstić information content (AvgIpc) is 2.60. The van der Waals surface area contributed by atoms with E-state index in [0.29, 0.717) is 18.9 Å². The van der Waals surface area contributed by atoms with E-state index in [1.54, 1.807) is 11.9 Å². The Balaban J connectivity index is 2.71. The number of aliphatic hydroxyl groups excluding tert-OH is 1. The smallest absolute Gasteiger partial charge is 0.318 e. The van der Waals surface area contributed by atoms with Gasteiger partial charge in [0, 0.05) is 26.6 Å². The minimum atomic E-state index is -0.647. The predicted octanol–water partition coefficient (Wildman–Crippen LogP) is 1.78. The van der Waals surface area contributed by atoms with Gasteiger partial charge in [0.15, 0.2) is 0 Å². The summed E-state index contributed by atoms with van der Waals surface area (Å²) in [6, 6.07) is 8.61. The molecule has 0 aromatic heterocycles. The van der Waals surface area contributed by atoms with Crippen molar-refractivity contribution < 1.29 is 14.7 Å². The van der Waals surface area contributed by atoms with Gasteiger partial charge in [-0.05, 0) is 24.3 Å². The molecule has 0 radical (unpaired) electrons. The van der Waals surface area contributed by atoms with Crippen LogP contribution in [0.3, 0.4) is 0 Å². The van der Waals surface area contributed by atoms with Crippen LogP contribution >= 0.6 is 0 Å². The van der Waals surface area contributed by atoms with Crippen molar-refractivity contribution in [2.45, 2.75) is 39.2 Å². The topological polar surface area (TPSA) is 81.7 Å². The molecule has 0 fully saturated rings. The van der Waals surface area contributed by atoms with Gasteiger partial charge < -0.3 is 20.6 Å². The zero-order valence-electron chi connectivity index (χ0n) is 15.5. The summed E-state index contributed by atoms with van der Waals surface area (Å²) >= 11 is 0. The van der Waals surface area contributed by atoms with E-state index in [4.69, 9.17) is 0 Å². The summed E-state index contributed by atoms with van der Waals surface area (Å²) in [5.41, 5.74) is 0.977. The molecule has 6 nitrogen and oxygen atoms in total. The second-order valence-electron chi connectivity index (χ2n) is 6.55. The number of carbonyl (C=O) groups is 2. The van der Waals surface area contributed by atoms with Crippen molar-refractivity contribution in [3.05, 3.63) is 35.9 Å². The molecule has 0 bridgehead atoms. The van der Waals surface area contributed by atoms with E-state index in [1.165, 1.54) is 0 Å². The van der Waals surface area contributed by atoms with Gasteiger partial charge in [-0.15, -0.1) is 0 Å². The zero-order chi connectivity index (χ0) is 18.7. The summed E-state index contributed by atoms with van der Waals surface area (Å²) in [4.78, 5) is 26.3. The highest BCUT2D eigenvalue weighted by atomic mass is 16.3. The Bertz CT molecular complexity index is 520. The molecule has 3 amide bonds. The number of nitrogens with one attached hydrogen (secondary N) is 2. The van der Waals surface area contributed by atoms with Crippen molar-refractivity contribution in [2.24, 2.45) is 5.92 Å². The van der Waals surface area contributed by atoms with Crippen LogP contribution in [0.4, 0.5) is 4.79 Å². The quantitative estimate of drug-likeness (QED) is 0.602. The number of benzene rings is 1. The van der Waals surface area contributed by atoms with E-state index in [-0.39, 0.29) is 25.1 Å². The van der Waals surface area contributed by atoms with Crippen LogP contribution in [0.25, 0.3) is 0 Å². The number of urea groups is 1. The summed E-state index contributed by atoms with van der Waals surface area (Å²) in [6.07, 6.45) is 2.30. The first-order valence-electron chi connectivity index (χ1n) is 8.89. The second kappa shape index (κ2) is 11.5.